The second kappa shape index (κ2) is 4.37. The van der Waals surface area contributed by atoms with Crippen LogP contribution in [0.2, 0.25) is 5.02 Å². The fraction of sp³-hybridized carbons (Fsp3) is 0.273. The van der Waals surface area contributed by atoms with Crippen molar-refractivity contribution in [1.82, 2.24) is 0 Å². The molecule has 78 valence electrons. The number of hydrogen-bond donors (Lipinski definition) is 0. The average molecular weight is 239 g/mol. The number of allylic oxidation sites excluding steroid dienone is 1. The molecule has 4 heteroatoms. The van der Waals surface area contributed by atoms with Crippen LogP contribution in [0.25, 0.3) is 0 Å². The van der Waals surface area contributed by atoms with E-state index in [2.05, 4.69) is 17.2 Å². The highest BCUT2D eigenvalue weighted by atomic mass is 35.5. The average Bonchev–Trinajstić information content (AvgIpc) is 2.53. The summed E-state index contributed by atoms with van der Waals surface area (Å²) in [4.78, 5) is 2.39. The van der Waals surface area contributed by atoms with Gasteiger partial charge < -0.3 is 0 Å². The highest BCUT2D eigenvalue weighted by Crippen LogP contribution is 2.36. The van der Waals surface area contributed by atoms with Crippen LogP contribution in [0.3, 0.4) is 0 Å². The number of azo groups is 1. The molecule has 1 aliphatic heterocycles. The van der Waals surface area contributed by atoms with Crippen LogP contribution in [0.1, 0.15) is 13.8 Å². The number of benzene rings is 1. The smallest absolute Gasteiger partial charge is 0.101 e. The molecule has 0 saturated carbocycles. The molecular formula is C11H11ClN2S. The van der Waals surface area contributed by atoms with Crippen molar-refractivity contribution >= 4 is 23.4 Å². The lowest BCUT2D eigenvalue weighted by atomic mass is 10.3. The van der Waals surface area contributed by atoms with Gasteiger partial charge in [0.2, 0.25) is 0 Å². The molecule has 0 aliphatic carbocycles. The monoisotopic (exact) mass is 238 g/mol. The largest absolute Gasteiger partial charge is 0.180 e. The van der Waals surface area contributed by atoms with E-state index in [1.807, 2.05) is 31.2 Å². The van der Waals surface area contributed by atoms with Crippen molar-refractivity contribution in [2.24, 2.45) is 10.2 Å². The molecule has 0 amide bonds. The summed E-state index contributed by atoms with van der Waals surface area (Å²) in [6.07, 6.45) is 0. The van der Waals surface area contributed by atoms with E-state index < -0.39 is 0 Å². The van der Waals surface area contributed by atoms with Gasteiger partial charge in [0.05, 0.1) is 5.70 Å². The maximum Gasteiger partial charge on any atom is 0.101 e. The van der Waals surface area contributed by atoms with Gasteiger partial charge in [-0.15, -0.1) is 0 Å². The first-order valence-corrected chi connectivity index (χ1v) is 5.91. The van der Waals surface area contributed by atoms with Crippen LogP contribution in [-0.2, 0) is 0 Å². The van der Waals surface area contributed by atoms with Gasteiger partial charge in [-0.1, -0.05) is 23.4 Å². The second-order valence-corrected chi connectivity index (χ2v) is 4.95. The molecular weight excluding hydrogens is 228 g/mol. The third kappa shape index (κ3) is 2.41. The van der Waals surface area contributed by atoms with Crippen LogP contribution in [0.15, 0.2) is 50.0 Å². The van der Waals surface area contributed by atoms with Crippen LogP contribution in [-0.4, -0.2) is 6.04 Å². The lowest BCUT2D eigenvalue weighted by Crippen LogP contribution is -1.95. The molecule has 0 N–H and O–H groups in total. The normalized spacial score (nSPS) is 20.1. The Bertz CT molecular complexity index is 423. The van der Waals surface area contributed by atoms with E-state index >= 15 is 0 Å². The van der Waals surface area contributed by atoms with Crippen molar-refractivity contribution < 1.29 is 0 Å². The van der Waals surface area contributed by atoms with E-state index in [1.165, 1.54) is 9.80 Å². The predicted molar refractivity (Wildman–Crippen MR) is 64.3 cm³/mol. The summed E-state index contributed by atoms with van der Waals surface area (Å²) in [5.74, 6) is 0. The minimum Gasteiger partial charge on any atom is -0.180 e. The second-order valence-electron chi connectivity index (χ2n) is 3.40. The molecule has 1 aromatic rings. The maximum atomic E-state index is 5.83. The van der Waals surface area contributed by atoms with Gasteiger partial charge in [-0.05, 0) is 38.1 Å². The van der Waals surface area contributed by atoms with Crippen molar-refractivity contribution in [2.45, 2.75) is 24.8 Å². The third-order valence-corrected chi connectivity index (χ3v) is 3.77. The Kier molecular flexibility index (Phi) is 3.12. The zero-order chi connectivity index (χ0) is 10.8. The topological polar surface area (TPSA) is 24.7 Å². The van der Waals surface area contributed by atoms with Gasteiger partial charge in [0, 0.05) is 14.8 Å². The molecule has 2 rings (SSSR count). The maximum absolute atomic E-state index is 5.83. The Hall–Kier alpha value is -0.800. The highest BCUT2D eigenvalue weighted by molar-refractivity contribution is 8.03. The summed E-state index contributed by atoms with van der Waals surface area (Å²) in [6.45, 7) is 4.05. The molecule has 1 atom stereocenters. The fourth-order valence-electron chi connectivity index (χ4n) is 1.37. The molecule has 0 fully saturated rings. The molecule has 2 nitrogen and oxygen atoms in total. The quantitative estimate of drug-likeness (QED) is 0.744. The van der Waals surface area contributed by atoms with Gasteiger partial charge in [0.15, 0.2) is 0 Å². The highest BCUT2D eigenvalue weighted by Gasteiger charge is 2.17. The number of nitrogens with zero attached hydrogens (tertiary/aromatic N) is 2. The summed E-state index contributed by atoms with van der Waals surface area (Å²) in [5.41, 5.74) is 1.02. The standard InChI is InChI=1S/C11H11ClN2S/c1-7-11(8(2)14-13-7)15-10-5-3-9(12)4-6-10/h3-7H,1-2H3/t7-/m1/s1. The van der Waals surface area contributed by atoms with Crippen LogP contribution >= 0.6 is 23.4 Å². The Labute approximate surface area is 98.4 Å². The fourth-order valence-corrected chi connectivity index (χ4v) is 2.42. The van der Waals surface area contributed by atoms with Gasteiger partial charge in [-0.2, -0.15) is 10.2 Å². The van der Waals surface area contributed by atoms with Gasteiger partial charge in [0.1, 0.15) is 6.04 Å². The summed E-state index contributed by atoms with van der Waals surface area (Å²) in [6, 6.07) is 8.00. The minimum absolute atomic E-state index is 0.186. The van der Waals surface area contributed by atoms with E-state index in [1.54, 1.807) is 11.8 Å². The first-order chi connectivity index (χ1) is 7.16. The van der Waals surface area contributed by atoms with E-state index in [9.17, 15) is 0 Å². The SMILES string of the molecule is CC1=C(Sc2ccc(Cl)cc2)[C@@H](C)N=N1. The number of halogens is 1. The van der Waals surface area contributed by atoms with Gasteiger partial charge in [-0.3, -0.25) is 0 Å². The van der Waals surface area contributed by atoms with Crippen LogP contribution in [0, 0.1) is 0 Å². The van der Waals surface area contributed by atoms with E-state index in [0.717, 1.165) is 10.7 Å². The van der Waals surface area contributed by atoms with Crippen molar-refractivity contribution in [3.8, 4) is 0 Å². The Morgan fingerprint density at radius 3 is 2.47 bits per heavy atom. The number of thioether (sulfide) groups is 1. The zero-order valence-corrected chi connectivity index (χ0v) is 10.1. The van der Waals surface area contributed by atoms with Crippen LogP contribution in [0.5, 0.6) is 0 Å². The molecule has 15 heavy (non-hydrogen) atoms. The summed E-state index contributed by atoms with van der Waals surface area (Å²) >= 11 is 7.54. The summed E-state index contributed by atoms with van der Waals surface area (Å²) in [5, 5.41) is 8.95. The first-order valence-electron chi connectivity index (χ1n) is 4.72. The van der Waals surface area contributed by atoms with Gasteiger partial charge in [-0.25, -0.2) is 0 Å². The molecule has 1 aliphatic rings. The van der Waals surface area contributed by atoms with E-state index in [4.69, 9.17) is 11.6 Å². The lowest BCUT2D eigenvalue weighted by molar-refractivity contribution is 0.883. The number of rotatable bonds is 2. The molecule has 1 heterocycles. The Balaban J connectivity index is 2.16. The molecule has 0 aromatic heterocycles. The third-order valence-electron chi connectivity index (χ3n) is 2.16. The molecule has 0 unspecified atom stereocenters. The minimum atomic E-state index is 0.186. The van der Waals surface area contributed by atoms with Crippen LogP contribution in [0.4, 0.5) is 0 Å². The van der Waals surface area contributed by atoms with Crippen molar-refractivity contribution in [3.05, 3.63) is 39.9 Å². The van der Waals surface area contributed by atoms with Gasteiger partial charge in [0.25, 0.3) is 0 Å². The summed E-state index contributed by atoms with van der Waals surface area (Å²) < 4.78 is 0. The zero-order valence-electron chi connectivity index (χ0n) is 8.57. The first kappa shape index (κ1) is 10.7. The molecule has 1 aromatic carbocycles. The lowest BCUT2D eigenvalue weighted by Gasteiger charge is -2.06. The van der Waals surface area contributed by atoms with Crippen LogP contribution < -0.4 is 0 Å². The van der Waals surface area contributed by atoms with E-state index in [0.29, 0.717) is 0 Å². The van der Waals surface area contributed by atoms with Crippen molar-refractivity contribution in [3.63, 3.8) is 0 Å². The van der Waals surface area contributed by atoms with Crippen molar-refractivity contribution in [2.75, 3.05) is 0 Å². The Morgan fingerprint density at radius 1 is 1.27 bits per heavy atom. The predicted octanol–water partition coefficient (Wildman–Crippen LogP) is 4.52. The van der Waals surface area contributed by atoms with Gasteiger partial charge >= 0.3 is 0 Å². The Morgan fingerprint density at radius 2 is 1.93 bits per heavy atom. The molecule has 0 saturated heterocycles. The van der Waals surface area contributed by atoms with Crippen molar-refractivity contribution in [1.29, 1.82) is 0 Å². The van der Waals surface area contributed by atoms with E-state index in [-0.39, 0.29) is 6.04 Å². The molecule has 0 bridgehead atoms. The molecule has 0 radical (unpaired) electrons. The summed E-state index contributed by atoms with van der Waals surface area (Å²) in [7, 11) is 0. The molecule has 0 spiro atoms. The number of hydrogen-bond acceptors (Lipinski definition) is 3.